The highest BCUT2D eigenvalue weighted by atomic mass is 32.2. The summed E-state index contributed by atoms with van der Waals surface area (Å²) in [5.74, 6) is -0.500. The second-order valence-corrected chi connectivity index (χ2v) is 17.3. The van der Waals surface area contributed by atoms with Gasteiger partial charge in [0.1, 0.15) is 16.0 Å². The zero-order chi connectivity index (χ0) is 39.5. The van der Waals surface area contributed by atoms with E-state index in [-0.39, 0.29) is 18.7 Å². The number of hydrogen-bond acceptors (Lipinski definition) is 7. The number of alkyl carbamates (subject to hydrolysis) is 1. The molecule has 1 aliphatic rings. The largest absolute Gasteiger partial charge is 0.598 e. The van der Waals surface area contributed by atoms with E-state index in [0.29, 0.717) is 34.7 Å². The molecule has 0 saturated heterocycles. The summed E-state index contributed by atoms with van der Waals surface area (Å²) < 4.78 is 66.3. The first kappa shape index (κ1) is 40.3. The lowest BCUT2D eigenvalue weighted by atomic mass is 9.90. The summed E-state index contributed by atoms with van der Waals surface area (Å²) in [7, 11) is 0. The van der Waals surface area contributed by atoms with Gasteiger partial charge < -0.3 is 14.6 Å². The molecule has 4 aromatic rings. The lowest BCUT2D eigenvalue weighted by molar-refractivity contribution is -0.141. The van der Waals surface area contributed by atoms with Crippen molar-refractivity contribution in [1.82, 2.24) is 19.8 Å². The number of rotatable bonds is 12. The normalized spacial score (nSPS) is 15.1. The number of carbonyl (C=O) groups excluding carboxylic acids is 2. The number of ether oxygens (including phenoxy) is 1. The minimum Gasteiger partial charge on any atom is -0.598 e. The summed E-state index contributed by atoms with van der Waals surface area (Å²) in [6.45, 7) is 10.5. The SMILES string of the molecule is CC(C)(C)OC(=O)NCc1cccc(-n2nc(C(F)(F)F)cc2C(=O)N(c2ccccc2)[C@](CCC2CC2)(N[S@+]([O-])C(C)(C)C)c2ccc(C#N)cc2)c1. The van der Waals surface area contributed by atoms with E-state index in [9.17, 15) is 27.8 Å². The number of amides is 2. The molecule has 0 unspecified atom stereocenters. The summed E-state index contributed by atoms with van der Waals surface area (Å²) in [6.07, 6.45) is -2.76. The molecular formula is C40H45F3N6O4S. The van der Waals surface area contributed by atoms with E-state index in [1.165, 1.54) is 17.0 Å². The van der Waals surface area contributed by atoms with Gasteiger partial charge in [0.2, 0.25) is 0 Å². The number of benzene rings is 3. The van der Waals surface area contributed by atoms with Crippen molar-refractivity contribution < 1.29 is 32.0 Å². The van der Waals surface area contributed by atoms with Crippen LogP contribution in [0.25, 0.3) is 5.69 Å². The van der Waals surface area contributed by atoms with Gasteiger partial charge in [0, 0.05) is 29.7 Å². The van der Waals surface area contributed by atoms with Crippen molar-refractivity contribution in [3.63, 3.8) is 0 Å². The van der Waals surface area contributed by atoms with Crippen LogP contribution in [-0.2, 0) is 34.5 Å². The molecule has 0 bridgehead atoms. The second kappa shape index (κ2) is 15.9. The summed E-state index contributed by atoms with van der Waals surface area (Å²) in [5.41, 5.74) is -2.17. The fourth-order valence-corrected chi connectivity index (χ4v) is 6.77. The number of alkyl halides is 3. The van der Waals surface area contributed by atoms with Crippen LogP contribution in [0.2, 0.25) is 0 Å². The quantitative estimate of drug-likeness (QED) is 0.109. The standard InChI is InChI=1S/C40H45F3N6O4S/c1-37(2,3)53-36(51)45-26-29-11-10-14-32(23-29)49-33(24-34(46-49)40(41,42)43)35(50)48(31-12-8-7-9-13-31)39(22-21-27-15-16-27,47-54(52)38(4,5)6)30-19-17-28(25-44)18-20-30/h7-14,17-20,23-24,27,47H,15-16,21-22,26H2,1-6H3,(H,45,51)/t39-,54+/m0/s1. The van der Waals surface area contributed by atoms with E-state index in [2.05, 4.69) is 21.2 Å². The van der Waals surface area contributed by atoms with Crippen LogP contribution in [0, 0.1) is 17.2 Å². The molecule has 10 nitrogen and oxygen atoms in total. The van der Waals surface area contributed by atoms with E-state index in [0.717, 1.165) is 23.6 Å². The van der Waals surface area contributed by atoms with Gasteiger partial charge in [0.15, 0.2) is 11.4 Å². The highest BCUT2D eigenvalue weighted by molar-refractivity contribution is 7.90. The molecule has 2 amide bonds. The predicted octanol–water partition coefficient (Wildman–Crippen LogP) is 8.53. The van der Waals surface area contributed by atoms with E-state index in [1.807, 2.05) is 0 Å². The first-order valence-corrected chi connectivity index (χ1v) is 18.8. The number of nitriles is 1. The highest BCUT2D eigenvalue weighted by Crippen LogP contribution is 2.43. The Bertz CT molecular complexity index is 1980. The zero-order valence-corrected chi connectivity index (χ0v) is 32.0. The third-order valence-corrected chi connectivity index (χ3v) is 10.4. The van der Waals surface area contributed by atoms with Crippen LogP contribution in [-0.4, -0.2) is 36.7 Å². The smallest absolute Gasteiger partial charge is 0.435 e. The molecule has 2 atom stereocenters. The first-order chi connectivity index (χ1) is 25.3. The number of halogens is 3. The summed E-state index contributed by atoms with van der Waals surface area (Å²) in [4.78, 5) is 29.1. The van der Waals surface area contributed by atoms with Crippen LogP contribution < -0.4 is 14.9 Å². The molecule has 1 saturated carbocycles. The van der Waals surface area contributed by atoms with Crippen molar-refractivity contribution >= 4 is 29.0 Å². The zero-order valence-electron chi connectivity index (χ0n) is 31.2. The Balaban J connectivity index is 1.71. The average Bonchev–Trinajstić information content (AvgIpc) is 3.83. The summed E-state index contributed by atoms with van der Waals surface area (Å²) in [5, 5.41) is 16.2. The third-order valence-electron chi connectivity index (χ3n) is 8.73. The van der Waals surface area contributed by atoms with Gasteiger partial charge in [-0.1, -0.05) is 55.3 Å². The number of carbonyl (C=O) groups is 2. The minimum absolute atomic E-state index is 0.0128. The number of para-hydroxylation sites is 1. The molecule has 14 heteroatoms. The average molecular weight is 763 g/mol. The Hall–Kier alpha value is -4.84. The number of anilines is 1. The van der Waals surface area contributed by atoms with Gasteiger partial charge in [-0.05, 0) is 108 Å². The highest BCUT2D eigenvalue weighted by Gasteiger charge is 2.50. The number of nitrogens with zero attached hydrogens (tertiary/aromatic N) is 4. The Morgan fingerprint density at radius 3 is 2.22 bits per heavy atom. The van der Waals surface area contributed by atoms with Crippen LogP contribution in [0.4, 0.5) is 23.7 Å². The molecule has 5 rings (SSSR count). The van der Waals surface area contributed by atoms with Gasteiger partial charge in [0.05, 0.1) is 17.3 Å². The lowest BCUT2D eigenvalue weighted by Crippen LogP contribution is -2.63. The van der Waals surface area contributed by atoms with E-state index < -0.39 is 56.9 Å². The van der Waals surface area contributed by atoms with Crippen molar-refractivity contribution in [2.24, 2.45) is 5.92 Å². The molecule has 1 aromatic heterocycles. The maximum atomic E-state index is 15.4. The van der Waals surface area contributed by atoms with Crippen molar-refractivity contribution in [3.8, 4) is 11.8 Å². The molecule has 0 radical (unpaired) electrons. The minimum atomic E-state index is -4.91. The van der Waals surface area contributed by atoms with Crippen LogP contribution >= 0.6 is 0 Å². The Labute approximate surface area is 317 Å². The van der Waals surface area contributed by atoms with Gasteiger partial charge in [-0.3, -0.25) is 9.69 Å². The lowest BCUT2D eigenvalue weighted by Gasteiger charge is -2.45. The monoisotopic (exact) mass is 762 g/mol. The molecule has 1 aliphatic carbocycles. The van der Waals surface area contributed by atoms with Crippen LogP contribution in [0.5, 0.6) is 0 Å². The van der Waals surface area contributed by atoms with E-state index >= 15 is 4.79 Å². The molecule has 0 spiro atoms. The number of hydrogen-bond donors (Lipinski definition) is 2. The third kappa shape index (κ3) is 9.82. The van der Waals surface area contributed by atoms with Crippen molar-refractivity contribution in [1.29, 1.82) is 5.26 Å². The van der Waals surface area contributed by atoms with Crippen molar-refractivity contribution in [3.05, 3.63) is 113 Å². The molecule has 3 aromatic carbocycles. The van der Waals surface area contributed by atoms with Crippen molar-refractivity contribution in [2.75, 3.05) is 4.90 Å². The van der Waals surface area contributed by atoms with Gasteiger partial charge in [-0.25, -0.2) is 9.48 Å². The predicted molar refractivity (Wildman–Crippen MR) is 201 cm³/mol. The van der Waals surface area contributed by atoms with Gasteiger partial charge in [0.25, 0.3) is 5.91 Å². The number of aromatic nitrogens is 2. The van der Waals surface area contributed by atoms with Crippen molar-refractivity contribution in [2.45, 2.75) is 96.0 Å². The fourth-order valence-electron chi connectivity index (χ4n) is 5.85. The maximum absolute atomic E-state index is 15.4. The summed E-state index contributed by atoms with van der Waals surface area (Å²) in [6, 6.07) is 24.2. The fraction of sp³-hybridized carbons (Fsp3) is 0.400. The molecule has 0 aliphatic heterocycles. The van der Waals surface area contributed by atoms with Gasteiger partial charge >= 0.3 is 12.3 Å². The Morgan fingerprint density at radius 2 is 1.65 bits per heavy atom. The molecular weight excluding hydrogens is 718 g/mol. The Morgan fingerprint density at radius 1 is 0.981 bits per heavy atom. The summed E-state index contributed by atoms with van der Waals surface area (Å²) >= 11 is -1.80. The van der Waals surface area contributed by atoms with Gasteiger partial charge in [-0.2, -0.15) is 23.5 Å². The van der Waals surface area contributed by atoms with Crippen LogP contribution in [0.15, 0.2) is 84.9 Å². The maximum Gasteiger partial charge on any atom is 0.435 e. The topological polar surface area (TPSA) is 135 Å². The first-order valence-electron chi connectivity index (χ1n) is 17.6. The van der Waals surface area contributed by atoms with Gasteiger partial charge in [-0.15, -0.1) is 4.72 Å². The van der Waals surface area contributed by atoms with E-state index in [4.69, 9.17) is 4.74 Å². The second-order valence-electron chi connectivity index (χ2n) is 15.3. The molecule has 1 fully saturated rings. The van der Waals surface area contributed by atoms with Crippen LogP contribution in [0.3, 0.4) is 0 Å². The number of nitrogens with one attached hydrogen (secondary N) is 2. The Kier molecular flexibility index (Phi) is 11.9. The molecule has 286 valence electrons. The van der Waals surface area contributed by atoms with E-state index in [1.54, 1.807) is 108 Å². The molecule has 54 heavy (non-hydrogen) atoms. The van der Waals surface area contributed by atoms with Crippen LogP contribution in [0.1, 0.15) is 100 Å². The molecule has 2 N–H and O–H groups in total. The molecule has 1 heterocycles.